The van der Waals surface area contributed by atoms with Gasteiger partial charge in [-0.3, -0.25) is 9.48 Å². The summed E-state index contributed by atoms with van der Waals surface area (Å²) >= 11 is 0. The molecule has 2 heterocycles. The largest absolute Gasteiger partial charge is 0.468 e. The lowest BCUT2D eigenvalue weighted by molar-refractivity contribution is 0.0908. The maximum Gasteiger partial charge on any atom is 0.255 e. The van der Waals surface area contributed by atoms with E-state index in [4.69, 9.17) is 4.42 Å². The predicted octanol–water partition coefficient (Wildman–Crippen LogP) is 1.95. The van der Waals surface area contributed by atoms with Crippen molar-refractivity contribution in [2.24, 2.45) is 7.05 Å². The third-order valence-corrected chi connectivity index (χ3v) is 3.56. The summed E-state index contributed by atoms with van der Waals surface area (Å²) in [5.41, 5.74) is 0.776. The number of hydrogen-bond acceptors (Lipinski definition) is 4. The Labute approximate surface area is 117 Å². The van der Waals surface area contributed by atoms with Crippen LogP contribution in [0.3, 0.4) is 0 Å². The first kappa shape index (κ1) is 12.9. The Morgan fingerprint density at radius 2 is 2.25 bits per heavy atom. The Hall–Kier alpha value is -2.11. The predicted molar refractivity (Wildman–Crippen MR) is 72.2 cm³/mol. The molecule has 1 saturated carbocycles. The van der Waals surface area contributed by atoms with E-state index in [0.29, 0.717) is 11.5 Å². The van der Waals surface area contributed by atoms with Crippen LogP contribution >= 0.6 is 0 Å². The summed E-state index contributed by atoms with van der Waals surface area (Å²) in [4.78, 5) is 12.4. The first-order valence-electron chi connectivity index (χ1n) is 6.74. The van der Waals surface area contributed by atoms with Gasteiger partial charge in [-0.2, -0.15) is 0 Å². The Bertz CT molecular complexity index is 637. The molecule has 1 N–H and O–H groups in total. The van der Waals surface area contributed by atoms with Crippen molar-refractivity contribution in [3.05, 3.63) is 35.5 Å². The zero-order chi connectivity index (χ0) is 14.3. The van der Waals surface area contributed by atoms with Gasteiger partial charge in [0.15, 0.2) is 0 Å². The molecule has 0 atom stereocenters. The molecule has 6 nitrogen and oxygen atoms in total. The second-order valence-electron chi connectivity index (χ2n) is 5.83. The van der Waals surface area contributed by atoms with Crippen LogP contribution < -0.4 is 5.32 Å². The highest BCUT2D eigenvalue weighted by molar-refractivity contribution is 5.95. The average Bonchev–Trinajstić information content (AvgIpc) is 2.92. The topological polar surface area (TPSA) is 73.0 Å². The molecule has 0 unspecified atom stereocenters. The molecule has 0 bridgehead atoms. The molecule has 106 valence electrons. The normalized spacial score (nSPS) is 15.3. The molecule has 6 heteroatoms. The second-order valence-corrected chi connectivity index (χ2v) is 5.83. The average molecular weight is 274 g/mol. The molecule has 0 spiro atoms. The van der Waals surface area contributed by atoms with E-state index in [1.165, 1.54) is 0 Å². The number of amides is 1. The molecule has 2 aromatic heterocycles. The van der Waals surface area contributed by atoms with Crippen molar-refractivity contribution in [1.82, 2.24) is 20.3 Å². The van der Waals surface area contributed by atoms with E-state index in [1.807, 2.05) is 13.8 Å². The summed E-state index contributed by atoms with van der Waals surface area (Å²) in [7, 11) is 1.80. The van der Waals surface area contributed by atoms with Crippen LogP contribution in [0.1, 0.15) is 54.4 Å². The number of rotatable bonds is 4. The van der Waals surface area contributed by atoms with Crippen molar-refractivity contribution in [2.45, 2.75) is 38.1 Å². The molecule has 1 aliphatic rings. The van der Waals surface area contributed by atoms with Crippen LogP contribution in [-0.4, -0.2) is 20.9 Å². The van der Waals surface area contributed by atoms with Gasteiger partial charge < -0.3 is 9.73 Å². The molecule has 0 aromatic carbocycles. The number of carbonyl (C=O) groups is 1. The number of carbonyl (C=O) groups excluding carboxylic acids is 1. The number of furan rings is 1. The lowest BCUT2D eigenvalue weighted by Crippen LogP contribution is -2.41. The summed E-state index contributed by atoms with van der Waals surface area (Å²) in [6, 6.07) is 1.73. The van der Waals surface area contributed by atoms with Gasteiger partial charge in [0.05, 0.1) is 23.6 Å². The minimum atomic E-state index is -0.580. The van der Waals surface area contributed by atoms with E-state index in [-0.39, 0.29) is 5.91 Å². The van der Waals surface area contributed by atoms with Crippen molar-refractivity contribution >= 4 is 5.91 Å². The van der Waals surface area contributed by atoms with Gasteiger partial charge in [0, 0.05) is 13.0 Å². The van der Waals surface area contributed by atoms with Crippen LogP contribution in [0.5, 0.6) is 0 Å². The van der Waals surface area contributed by atoms with Gasteiger partial charge in [0.25, 0.3) is 5.91 Å². The third kappa shape index (κ3) is 2.33. The van der Waals surface area contributed by atoms with Gasteiger partial charge in [-0.25, -0.2) is 0 Å². The molecule has 0 saturated heterocycles. The quantitative estimate of drug-likeness (QED) is 0.924. The summed E-state index contributed by atoms with van der Waals surface area (Å²) in [6.07, 6.45) is 5.58. The minimum absolute atomic E-state index is 0.128. The fourth-order valence-corrected chi connectivity index (χ4v) is 2.22. The fraction of sp³-hybridized carbons (Fsp3) is 0.500. The molecule has 1 aliphatic carbocycles. The van der Waals surface area contributed by atoms with E-state index in [1.54, 1.807) is 30.3 Å². The second kappa shape index (κ2) is 4.47. The van der Waals surface area contributed by atoms with Crippen molar-refractivity contribution in [3.63, 3.8) is 0 Å². The minimum Gasteiger partial charge on any atom is -0.468 e. The molecule has 20 heavy (non-hydrogen) atoms. The van der Waals surface area contributed by atoms with Crippen molar-refractivity contribution < 1.29 is 9.21 Å². The highest BCUT2D eigenvalue weighted by Crippen LogP contribution is 2.42. The molecule has 1 amide bonds. The zero-order valence-electron chi connectivity index (χ0n) is 11.9. The SMILES string of the molecule is Cn1cc(C(C)(C)NC(=O)c2ccoc2C2CC2)nn1. The standard InChI is InChI=1S/C14H18N4O2/c1-14(2,11-8-18(3)17-16-11)15-13(19)10-6-7-20-12(10)9-4-5-9/h6-9H,4-5H2,1-3H3,(H,15,19). The Kier molecular flexibility index (Phi) is 2.88. The van der Waals surface area contributed by atoms with Crippen LogP contribution in [0.4, 0.5) is 0 Å². The highest BCUT2D eigenvalue weighted by Gasteiger charge is 2.33. The van der Waals surface area contributed by atoms with E-state index in [0.717, 1.165) is 24.3 Å². The first-order chi connectivity index (χ1) is 9.47. The zero-order valence-corrected chi connectivity index (χ0v) is 11.9. The van der Waals surface area contributed by atoms with Crippen molar-refractivity contribution in [1.29, 1.82) is 0 Å². The first-order valence-corrected chi connectivity index (χ1v) is 6.74. The molecule has 0 radical (unpaired) electrons. The van der Waals surface area contributed by atoms with Crippen LogP contribution in [0, 0.1) is 0 Å². The van der Waals surface area contributed by atoms with Gasteiger partial charge in [-0.05, 0) is 32.8 Å². The molecule has 2 aromatic rings. The third-order valence-electron chi connectivity index (χ3n) is 3.56. The Balaban J connectivity index is 1.79. The maximum atomic E-state index is 12.4. The van der Waals surface area contributed by atoms with Crippen LogP contribution in [0.2, 0.25) is 0 Å². The molecule has 1 fully saturated rings. The van der Waals surface area contributed by atoms with Crippen LogP contribution in [-0.2, 0) is 12.6 Å². The molecule has 0 aliphatic heterocycles. The van der Waals surface area contributed by atoms with Gasteiger partial charge in [0.2, 0.25) is 0 Å². The number of nitrogens with zero attached hydrogens (tertiary/aromatic N) is 3. The van der Waals surface area contributed by atoms with E-state index in [9.17, 15) is 4.79 Å². The smallest absolute Gasteiger partial charge is 0.255 e. The fourth-order valence-electron chi connectivity index (χ4n) is 2.22. The number of nitrogens with one attached hydrogen (secondary N) is 1. The number of hydrogen-bond donors (Lipinski definition) is 1. The molecular weight excluding hydrogens is 256 g/mol. The Morgan fingerprint density at radius 3 is 2.85 bits per heavy atom. The van der Waals surface area contributed by atoms with Gasteiger partial charge in [-0.15, -0.1) is 5.10 Å². The van der Waals surface area contributed by atoms with Crippen LogP contribution in [0.25, 0.3) is 0 Å². The van der Waals surface area contributed by atoms with Crippen molar-refractivity contribution in [2.75, 3.05) is 0 Å². The Morgan fingerprint density at radius 1 is 1.50 bits per heavy atom. The number of aromatic nitrogens is 3. The van der Waals surface area contributed by atoms with Crippen molar-refractivity contribution in [3.8, 4) is 0 Å². The number of aryl methyl sites for hydroxylation is 1. The highest BCUT2D eigenvalue weighted by atomic mass is 16.3. The van der Waals surface area contributed by atoms with Crippen LogP contribution in [0.15, 0.2) is 22.9 Å². The van der Waals surface area contributed by atoms with Gasteiger partial charge >= 0.3 is 0 Å². The van der Waals surface area contributed by atoms with Gasteiger partial charge in [-0.1, -0.05) is 5.21 Å². The maximum absolute atomic E-state index is 12.4. The summed E-state index contributed by atoms with van der Waals surface area (Å²) in [6.45, 7) is 3.82. The lowest BCUT2D eigenvalue weighted by Gasteiger charge is -2.23. The van der Waals surface area contributed by atoms with E-state index < -0.39 is 5.54 Å². The lowest BCUT2D eigenvalue weighted by atomic mass is 10.0. The van der Waals surface area contributed by atoms with Gasteiger partial charge in [0.1, 0.15) is 11.5 Å². The van der Waals surface area contributed by atoms with E-state index >= 15 is 0 Å². The summed E-state index contributed by atoms with van der Waals surface area (Å²) in [5.74, 6) is 1.08. The molecule has 3 rings (SSSR count). The summed E-state index contributed by atoms with van der Waals surface area (Å²) in [5, 5.41) is 11.0. The summed E-state index contributed by atoms with van der Waals surface area (Å²) < 4.78 is 7.06. The van der Waals surface area contributed by atoms with E-state index in [2.05, 4.69) is 15.6 Å². The monoisotopic (exact) mass is 274 g/mol. The molecular formula is C14H18N4O2.